The third-order valence-electron chi connectivity index (χ3n) is 4.33. The molecule has 3 N–H and O–H groups in total. The van der Waals surface area contributed by atoms with Crippen LogP contribution in [0, 0.1) is 0 Å². The third-order valence-corrected chi connectivity index (χ3v) is 4.33. The van der Waals surface area contributed by atoms with Crippen molar-refractivity contribution in [2.75, 3.05) is 38.3 Å². The number of nitrogens with two attached hydrogens (primary N) is 1. The predicted octanol–water partition coefficient (Wildman–Crippen LogP) is 1.28. The first-order chi connectivity index (χ1) is 9.37. The molecule has 1 aliphatic rings. The van der Waals surface area contributed by atoms with Crippen molar-refractivity contribution in [1.82, 2.24) is 9.88 Å². The molecule has 2 rings (SSSR count). The normalized spacial score (nSPS) is 16.8. The summed E-state index contributed by atoms with van der Waals surface area (Å²) < 4.78 is 0. The minimum absolute atomic E-state index is 0.106. The van der Waals surface area contributed by atoms with Crippen LogP contribution in [0.15, 0.2) is 12.3 Å². The van der Waals surface area contributed by atoms with Gasteiger partial charge in [-0.25, -0.2) is 9.78 Å². The van der Waals surface area contributed by atoms with Crippen LogP contribution in [0.4, 0.5) is 11.5 Å². The quantitative estimate of drug-likeness (QED) is 0.844. The number of anilines is 2. The maximum absolute atomic E-state index is 11.1. The van der Waals surface area contributed by atoms with Crippen molar-refractivity contribution in [1.29, 1.82) is 0 Å². The summed E-state index contributed by atoms with van der Waals surface area (Å²) in [5, 5.41) is 9.12. The fourth-order valence-electron chi connectivity index (χ4n) is 2.80. The Bertz CT molecular complexity index is 512. The van der Waals surface area contributed by atoms with Crippen LogP contribution in [-0.4, -0.2) is 54.2 Å². The van der Waals surface area contributed by atoms with Gasteiger partial charge in [-0.2, -0.15) is 0 Å². The molecule has 1 fully saturated rings. The Morgan fingerprint density at radius 3 is 2.55 bits per heavy atom. The highest BCUT2D eigenvalue weighted by Crippen LogP contribution is 2.38. The predicted molar refractivity (Wildman–Crippen MR) is 79.1 cm³/mol. The Morgan fingerprint density at radius 2 is 2.10 bits per heavy atom. The maximum Gasteiger partial charge on any atom is 0.337 e. The number of nitrogen functional groups attached to an aromatic ring is 1. The van der Waals surface area contributed by atoms with Gasteiger partial charge in [-0.1, -0.05) is 0 Å². The molecule has 0 amide bonds. The smallest absolute Gasteiger partial charge is 0.337 e. The number of aromatic carboxylic acids is 1. The zero-order valence-corrected chi connectivity index (χ0v) is 12.3. The highest BCUT2D eigenvalue weighted by atomic mass is 16.4. The van der Waals surface area contributed by atoms with E-state index in [4.69, 9.17) is 10.8 Å². The Kier molecular flexibility index (Phi) is 3.85. The monoisotopic (exact) mass is 278 g/mol. The van der Waals surface area contributed by atoms with Crippen LogP contribution < -0.4 is 10.6 Å². The molecule has 6 nitrogen and oxygen atoms in total. The Labute approximate surface area is 119 Å². The van der Waals surface area contributed by atoms with Crippen LogP contribution >= 0.6 is 0 Å². The molecule has 0 aliphatic heterocycles. The van der Waals surface area contributed by atoms with E-state index in [9.17, 15) is 4.79 Å². The van der Waals surface area contributed by atoms with E-state index in [2.05, 4.69) is 24.0 Å². The van der Waals surface area contributed by atoms with Gasteiger partial charge in [-0.05, 0) is 39.4 Å². The van der Waals surface area contributed by atoms with Gasteiger partial charge in [0.05, 0.1) is 11.3 Å². The standard InChI is InChI=1S/C14H22N4O2/c1-17(2)14(6-4-7-14)9-18(3)12-11(15)10(13(19)20)5-8-16-12/h5,8H,4,6-7,9,15H2,1-3H3,(H,19,20). The number of carboxylic acids is 1. The topological polar surface area (TPSA) is 82.7 Å². The molecule has 0 atom stereocenters. The fraction of sp³-hybridized carbons (Fsp3) is 0.571. The average Bonchev–Trinajstić information content (AvgIpc) is 2.32. The molecular weight excluding hydrogens is 256 g/mol. The van der Waals surface area contributed by atoms with Gasteiger partial charge >= 0.3 is 5.97 Å². The number of carbonyl (C=O) groups is 1. The first kappa shape index (κ1) is 14.6. The molecule has 6 heteroatoms. The minimum atomic E-state index is -1.02. The summed E-state index contributed by atoms with van der Waals surface area (Å²) in [5.41, 5.74) is 6.42. The zero-order valence-electron chi connectivity index (χ0n) is 12.3. The first-order valence-corrected chi connectivity index (χ1v) is 6.74. The van der Waals surface area contributed by atoms with Crippen LogP contribution in [-0.2, 0) is 0 Å². The molecule has 1 saturated carbocycles. The van der Waals surface area contributed by atoms with Crippen LogP contribution in [0.25, 0.3) is 0 Å². The second kappa shape index (κ2) is 5.28. The Balaban J connectivity index is 2.23. The van der Waals surface area contributed by atoms with Crippen molar-refractivity contribution in [2.45, 2.75) is 24.8 Å². The molecule has 1 aliphatic carbocycles. The molecule has 20 heavy (non-hydrogen) atoms. The molecule has 1 heterocycles. The van der Waals surface area contributed by atoms with Crippen molar-refractivity contribution in [3.63, 3.8) is 0 Å². The maximum atomic E-state index is 11.1. The lowest BCUT2D eigenvalue weighted by atomic mass is 9.75. The van der Waals surface area contributed by atoms with Gasteiger partial charge in [-0.15, -0.1) is 0 Å². The van der Waals surface area contributed by atoms with E-state index in [0.29, 0.717) is 5.82 Å². The molecule has 0 aromatic carbocycles. The summed E-state index contributed by atoms with van der Waals surface area (Å²) in [7, 11) is 6.07. The van der Waals surface area contributed by atoms with Crippen LogP contribution in [0.5, 0.6) is 0 Å². The first-order valence-electron chi connectivity index (χ1n) is 6.74. The van der Waals surface area contributed by atoms with Gasteiger partial charge in [0.1, 0.15) is 0 Å². The summed E-state index contributed by atoms with van der Waals surface area (Å²) in [6, 6.07) is 1.43. The lowest BCUT2D eigenvalue weighted by Crippen LogP contribution is -2.57. The van der Waals surface area contributed by atoms with Gasteiger partial charge in [0.25, 0.3) is 0 Å². The molecule has 1 aromatic rings. The Morgan fingerprint density at radius 1 is 1.45 bits per heavy atom. The average molecular weight is 278 g/mol. The largest absolute Gasteiger partial charge is 0.478 e. The van der Waals surface area contributed by atoms with Crippen LogP contribution in [0.2, 0.25) is 0 Å². The molecular formula is C14H22N4O2. The van der Waals surface area contributed by atoms with E-state index in [-0.39, 0.29) is 16.8 Å². The zero-order chi connectivity index (χ0) is 14.9. The number of carboxylic acid groups (broad SMARTS) is 1. The molecule has 0 radical (unpaired) electrons. The van der Waals surface area contributed by atoms with Gasteiger partial charge < -0.3 is 20.6 Å². The fourth-order valence-corrected chi connectivity index (χ4v) is 2.80. The van der Waals surface area contributed by atoms with Gasteiger partial charge in [-0.3, -0.25) is 0 Å². The van der Waals surface area contributed by atoms with Crippen LogP contribution in [0.3, 0.4) is 0 Å². The van der Waals surface area contributed by atoms with Crippen molar-refractivity contribution >= 4 is 17.5 Å². The molecule has 110 valence electrons. The van der Waals surface area contributed by atoms with Gasteiger partial charge in [0, 0.05) is 25.3 Å². The summed E-state index contributed by atoms with van der Waals surface area (Å²) in [5.74, 6) is -0.483. The number of nitrogens with zero attached hydrogens (tertiary/aromatic N) is 3. The summed E-state index contributed by atoms with van der Waals surface area (Å²) in [6.07, 6.45) is 5.00. The van der Waals surface area contributed by atoms with Gasteiger partial charge in [0.2, 0.25) is 0 Å². The third kappa shape index (κ3) is 2.43. The molecule has 0 bridgehead atoms. The van der Waals surface area contributed by atoms with Crippen molar-refractivity contribution in [3.8, 4) is 0 Å². The molecule has 0 spiro atoms. The number of hydrogen-bond donors (Lipinski definition) is 2. The minimum Gasteiger partial charge on any atom is -0.478 e. The lowest BCUT2D eigenvalue weighted by Gasteiger charge is -2.49. The van der Waals surface area contributed by atoms with Crippen LogP contribution in [0.1, 0.15) is 29.6 Å². The molecule has 0 saturated heterocycles. The molecule has 1 aromatic heterocycles. The molecule has 0 unspecified atom stereocenters. The van der Waals surface area contributed by atoms with E-state index in [1.165, 1.54) is 18.7 Å². The highest BCUT2D eigenvalue weighted by molar-refractivity contribution is 5.96. The summed E-state index contributed by atoms with van der Waals surface area (Å²) in [6.45, 7) is 0.792. The van der Waals surface area contributed by atoms with Gasteiger partial charge in [0.15, 0.2) is 5.82 Å². The van der Waals surface area contributed by atoms with E-state index in [0.717, 1.165) is 19.4 Å². The number of rotatable bonds is 5. The van der Waals surface area contributed by atoms with E-state index in [1.807, 2.05) is 11.9 Å². The van der Waals surface area contributed by atoms with E-state index >= 15 is 0 Å². The summed E-state index contributed by atoms with van der Waals surface area (Å²) in [4.78, 5) is 19.6. The second-order valence-corrected chi connectivity index (χ2v) is 5.73. The lowest BCUT2D eigenvalue weighted by molar-refractivity contribution is 0.0681. The second-order valence-electron chi connectivity index (χ2n) is 5.73. The number of likely N-dealkylation sites (N-methyl/N-ethyl adjacent to an activating group) is 2. The van der Waals surface area contributed by atoms with Crippen molar-refractivity contribution in [3.05, 3.63) is 17.8 Å². The highest BCUT2D eigenvalue weighted by Gasteiger charge is 2.40. The SMILES string of the molecule is CN(CC1(N(C)C)CCC1)c1nccc(C(=O)O)c1N. The van der Waals surface area contributed by atoms with Crippen molar-refractivity contribution < 1.29 is 9.90 Å². The number of hydrogen-bond acceptors (Lipinski definition) is 5. The summed E-state index contributed by atoms with van der Waals surface area (Å²) >= 11 is 0. The van der Waals surface area contributed by atoms with Crippen molar-refractivity contribution in [2.24, 2.45) is 0 Å². The van der Waals surface area contributed by atoms with E-state index < -0.39 is 5.97 Å². The Hall–Kier alpha value is -1.82. The van der Waals surface area contributed by atoms with E-state index in [1.54, 1.807) is 0 Å². The number of aromatic nitrogens is 1. The number of pyridine rings is 1.